The molecule has 0 saturated heterocycles. The van der Waals surface area contributed by atoms with Crippen molar-refractivity contribution >= 4 is 23.2 Å². The number of halogens is 2. The molecule has 108 valence electrons. The highest BCUT2D eigenvalue weighted by Gasteiger charge is 2.15. The second-order valence-corrected chi connectivity index (χ2v) is 5.47. The quantitative estimate of drug-likeness (QED) is 0.635. The van der Waals surface area contributed by atoms with Crippen molar-refractivity contribution in [1.29, 1.82) is 0 Å². The van der Waals surface area contributed by atoms with Crippen LogP contribution in [0.15, 0.2) is 30.5 Å². The predicted octanol–water partition coefficient (Wildman–Crippen LogP) is 3.35. The molecule has 0 aliphatic carbocycles. The second-order valence-electron chi connectivity index (χ2n) is 4.65. The summed E-state index contributed by atoms with van der Waals surface area (Å²) in [6.45, 7) is 3.00. The lowest BCUT2D eigenvalue weighted by molar-refractivity contribution is 0.478. The molecule has 3 N–H and O–H groups in total. The van der Waals surface area contributed by atoms with Gasteiger partial charge in [0, 0.05) is 12.7 Å². The van der Waals surface area contributed by atoms with Crippen LogP contribution in [0.25, 0.3) is 0 Å². The molecule has 20 heavy (non-hydrogen) atoms. The van der Waals surface area contributed by atoms with Crippen molar-refractivity contribution in [2.75, 3.05) is 0 Å². The summed E-state index contributed by atoms with van der Waals surface area (Å²) in [5.41, 5.74) is 4.99. The number of hydrazine groups is 1. The van der Waals surface area contributed by atoms with Crippen molar-refractivity contribution in [2.24, 2.45) is 5.84 Å². The van der Waals surface area contributed by atoms with E-state index < -0.39 is 0 Å². The molecule has 1 aromatic heterocycles. The van der Waals surface area contributed by atoms with Gasteiger partial charge in [0.25, 0.3) is 0 Å². The molecule has 0 radical (unpaired) electrons. The highest BCUT2D eigenvalue weighted by atomic mass is 35.5. The first kappa shape index (κ1) is 15.3. The zero-order chi connectivity index (χ0) is 14.5. The Balaban J connectivity index is 2.19. The topological polar surface area (TPSA) is 55.9 Å². The minimum absolute atomic E-state index is 0.0127. The molecule has 2 rings (SSSR count). The molecule has 1 unspecified atom stereocenters. The van der Waals surface area contributed by atoms with Crippen LogP contribution in [-0.2, 0) is 13.0 Å². The van der Waals surface area contributed by atoms with Crippen LogP contribution in [0, 0.1) is 0 Å². The number of aromatic nitrogens is 2. The van der Waals surface area contributed by atoms with Gasteiger partial charge in [-0.3, -0.25) is 16.0 Å². The summed E-state index contributed by atoms with van der Waals surface area (Å²) in [5, 5.41) is 5.44. The Hall–Kier alpha value is -1.07. The first-order valence-corrected chi connectivity index (χ1v) is 7.33. The van der Waals surface area contributed by atoms with Crippen molar-refractivity contribution in [3.8, 4) is 0 Å². The Bertz CT molecular complexity index is 568. The van der Waals surface area contributed by atoms with Gasteiger partial charge in [-0.25, -0.2) is 0 Å². The Morgan fingerprint density at radius 2 is 2.10 bits per heavy atom. The summed E-state index contributed by atoms with van der Waals surface area (Å²) in [7, 11) is 0. The van der Waals surface area contributed by atoms with Crippen molar-refractivity contribution in [3.63, 3.8) is 0 Å². The molecule has 0 spiro atoms. The maximum absolute atomic E-state index is 6.05. The summed E-state index contributed by atoms with van der Waals surface area (Å²) in [6, 6.07) is 7.60. The molecular weight excluding hydrogens is 295 g/mol. The third-order valence-electron chi connectivity index (χ3n) is 3.17. The first-order chi connectivity index (χ1) is 9.65. The summed E-state index contributed by atoms with van der Waals surface area (Å²) < 4.78 is 1.97. The number of nitrogens with one attached hydrogen (secondary N) is 1. The molecule has 0 saturated carbocycles. The summed E-state index contributed by atoms with van der Waals surface area (Å²) >= 11 is 12.0. The van der Waals surface area contributed by atoms with Crippen LogP contribution >= 0.6 is 23.2 Å². The number of benzene rings is 1. The largest absolute Gasteiger partial charge is 0.271 e. The van der Waals surface area contributed by atoms with Crippen molar-refractivity contribution in [1.82, 2.24) is 15.2 Å². The number of rotatable bonds is 6. The Kier molecular flexibility index (Phi) is 5.43. The fraction of sp³-hybridized carbons (Fsp3) is 0.357. The van der Waals surface area contributed by atoms with Gasteiger partial charge in [0.2, 0.25) is 0 Å². The monoisotopic (exact) mass is 312 g/mol. The minimum Gasteiger partial charge on any atom is -0.271 e. The average molecular weight is 313 g/mol. The second kappa shape index (κ2) is 7.09. The lowest BCUT2D eigenvalue weighted by Gasteiger charge is -2.18. The van der Waals surface area contributed by atoms with Gasteiger partial charge in [0.1, 0.15) is 0 Å². The maximum Gasteiger partial charge on any atom is 0.0669 e. The van der Waals surface area contributed by atoms with Gasteiger partial charge in [-0.1, -0.05) is 36.2 Å². The van der Waals surface area contributed by atoms with Gasteiger partial charge in [-0.15, -0.1) is 0 Å². The number of nitrogens with two attached hydrogens (primary N) is 1. The Labute approximate surface area is 128 Å². The van der Waals surface area contributed by atoms with E-state index in [1.165, 1.54) is 0 Å². The van der Waals surface area contributed by atoms with Crippen LogP contribution in [-0.4, -0.2) is 9.78 Å². The standard InChI is InChI=1S/C14H18Cl2N4/c1-2-7-20-14(5-6-18-20)13(19-17)9-10-3-4-11(15)12(16)8-10/h3-6,8,13,19H,2,7,9,17H2,1H3. The average Bonchev–Trinajstić information content (AvgIpc) is 2.88. The van der Waals surface area contributed by atoms with Crippen LogP contribution < -0.4 is 11.3 Å². The van der Waals surface area contributed by atoms with Crippen LogP contribution in [0.4, 0.5) is 0 Å². The third-order valence-corrected chi connectivity index (χ3v) is 3.91. The van der Waals surface area contributed by atoms with E-state index in [2.05, 4.69) is 17.4 Å². The van der Waals surface area contributed by atoms with E-state index in [0.717, 1.165) is 30.6 Å². The number of nitrogens with zero attached hydrogens (tertiary/aromatic N) is 2. The molecule has 0 aliphatic heterocycles. The van der Waals surface area contributed by atoms with Crippen molar-refractivity contribution in [3.05, 3.63) is 51.8 Å². The number of hydrogen-bond donors (Lipinski definition) is 2. The summed E-state index contributed by atoms with van der Waals surface area (Å²) in [6.07, 6.45) is 3.55. The van der Waals surface area contributed by atoms with E-state index in [1.54, 1.807) is 12.3 Å². The van der Waals surface area contributed by atoms with Crippen LogP contribution in [0.3, 0.4) is 0 Å². The van der Waals surface area contributed by atoms with E-state index >= 15 is 0 Å². The highest BCUT2D eigenvalue weighted by molar-refractivity contribution is 6.42. The van der Waals surface area contributed by atoms with Gasteiger partial charge in [0.05, 0.1) is 21.8 Å². The van der Waals surface area contributed by atoms with E-state index in [9.17, 15) is 0 Å². The van der Waals surface area contributed by atoms with E-state index in [4.69, 9.17) is 29.0 Å². The van der Waals surface area contributed by atoms with E-state index in [0.29, 0.717) is 10.0 Å². The maximum atomic E-state index is 6.05. The number of aryl methyl sites for hydroxylation is 1. The molecule has 0 bridgehead atoms. The molecular formula is C14H18Cl2N4. The molecule has 0 aliphatic rings. The van der Waals surface area contributed by atoms with Gasteiger partial charge < -0.3 is 0 Å². The van der Waals surface area contributed by atoms with Gasteiger partial charge in [0.15, 0.2) is 0 Å². The zero-order valence-corrected chi connectivity index (χ0v) is 12.8. The lowest BCUT2D eigenvalue weighted by atomic mass is 10.0. The van der Waals surface area contributed by atoms with Crippen LogP contribution in [0.2, 0.25) is 10.0 Å². The lowest BCUT2D eigenvalue weighted by Crippen LogP contribution is -2.31. The molecule has 6 heteroatoms. The molecule has 2 aromatic rings. The molecule has 1 aromatic carbocycles. The highest BCUT2D eigenvalue weighted by Crippen LogP contribution is 2.25. The summed E-state index contributed by atoms with van der Waals surface area (Å²) in [5.74, 6) is 5.69. The zero-order valence-electron chi connectivity index (χ0n) is 11.3. The molecule has 0 amide bonds. The fourth-order valence-corrected chi connectivity index (χ4v) is 2.51. The molecule has 1 atom stereocenters. The third kappa shape index (κ3) is 3.52. The smallest absolute Gasteiger partial charge is 0.0669 e. The van der Waals surface area contributed by atoms with Crippen molar-refractivity contribution in [2.45, 2.75) is 32.4 Å². The van der Waals surface area contributed by atoms with Gasteiger partial charge >= 0.3 is 0 Å². The SMILES string of the molecule is CCCn1nccc1C(Cc1ccc(Cl)c(Cl)c1)NN. The van der Waals surface area contributed by atoms with E-state index in [-0.39, 0.29) is 6.04 Å². The minimum atomic E-state index is -0.0127. The Morgan fingerprint density at radius 3 is 2.75 bits per heavy atom. The van der Waals surface area contributed by atoms with E-state index in [1.807, 2.05) is 22.9 Å². The summed E-state index contributed by atoms with van der Waals surface area (Å²) in [4.78, 5) is 0. The van der Waals surface area contributed by atoms with Crippen LogP contribution in [0.5, 0.6) is 0 Å². The predicted molar refractivity (Wildman–Crippen MR) is 82.7 cm³/mol. The van der Waals surface area contributed by atoms with Crippen molar-refractivity contribution < 1.29 is 0 Å². The normalized spacial score (nSPS) is 12.6. The van der Waals surface area contributed by atoms with Gasteiger partial charge in [-0.2, -0.15) is 5.10 Å². The molecule has 4 nitrogen and oxygen atoms in total. The molecule has 0 fully saturated rings. The van der Waals surface area contributed by atoms with Crippen LogP contribution in [0.1, 0.15) is 30.6 Å². The van der Waals surface area contributed by atoms with Gasteiger partial charge in [-0.05, 0) is 36.6 Å². The fourth-order valence-electron chi connectivity index (χ4n) is 2.19. The first-order valence-electron chi connectivity index (χ1n) is 6.57. The molecule has 1 heterocycles. The Morgan fingerprint density at radius 1 is 1.30 bits per heavy atom. The number of hydrogen-bond acceptors (Lipinski definition) is 3.